The first kappa shape index (κ1) is 14.5. The Kier molecular flexibility index (Phi) is 6.52. The molecule has 4 heteroatoms. The Morgan fingerprint density at radius 2 is 1.88 bits per heavy atom. The van der Waals surface area contributed by atoms with Crippen molar-refractivity contribution in [3.63, 3.8) is 0 Å². The van der Waals surface area contributed by atoms with Gasteiger partial charge >= 0.3 is 0 Å². The third-order valence-electron chi connectivity index (χ3n) is 3.64. The van der Waals surface area contributed by atoms with Crippen molar-refractivity contribution in [1.82, 2.24) is 9.80 Å². The lowest BCUT2D eigenvalue weighted by molar-refractivity contribution is -0.132. The Balaban J connectivity index is 2.17. The minimum absolute atomic E-state index is 0.333. The highest BCUT2D eigenvalue weighted by Gasteiger charge is 2.23. The highest BCUT2D eigenvalue weighted by molar-refractivity contribution is 5.76. The SMILES string of the molecule is CN(C)C1CCN(C(=O)CCCCCN)CC1. The molecular formula is C13H27N3O. The van der Waals surface area contributed by atoms with Crippen molar-refractivity contribution in [1.29, 1.82) is 0 Å². The first-order valence-electron chi connectivity index (χ1n) is 6.79. The summed E-state index contributed by atoms with van der Waals surface area (Å²) in [4.78, 5) is 16.2. The van der Waals surface area contributed by atoms with E-state index in [4.69, 9.17) is 5.73 Å². The lowest BCUT2D eigenvalue weighted by Gasteiger charge is -2.35. The average molecular weight is 241 g/mol. The zero-order valence-corrected chi connectivity index (χ0v) is 11.3. The third-order valence-corrected chi connectivity index (χ3v) is 3.64. The summed E-state index contributed by atoms with van der Waals surface area (Å²) in [7, 11) is 4.24. The Labute approximate surface area is 105 Å². The zero-order valence-electron chi connectivity index (χ0n) is 11.3. The van der Waals surface area contributed by atoms with Gasteiger partial charge in [0.1, 0.15) is 0 Å². The van der Waals surface area contributed by atoms with Crippen molar-refractivity contribution in [2.24, 2.45) is 5.73 Å². The van der Waals surface area contributed by atoms with Crippen molar-refractivity contribution >= 4 is 5.91 Å². The molecule has 0 aromatic rings. The number of amides is 1. The fraction of sp³-hybridized carbons (Fsp3) is 0.923. The predicted octanol–water partition coefficient (Wildman–Crippen LogP) is 1.06. The second kappa shape index (κ2) is 7.67. The molecule has 1 heterocycles. The molecule has 0 spiro atoms. The van der Waals surface area contributed by atoms with Gasteiger partial charge in [-0.25, -0.2) is 0 Å². The number of carbonyl (C=O) groups excluding carboxylic acids is 1. The maximum absolute atomic E-state index is 11.9. The number of likely N-dealkylation sites (tertiary alicyclic amines) is 1. The molecule has 17 heavy (non-hydrogen) atoms. The first-order chi connectivity index (χ1) is 8.15. The van der Waals surface area contributed by atoms with Crippen LogP contribution in [0.4, 0.5) is 0 Å². The molecule has 1 amide bonds. The molecule has 0 aliphatic carbocycles. The maximum atomic E-state index is 11.9. The summed E-state index contributed by atoms with van der Waals surface area (Å²) in [5, 5.41) is 0. The number of nitrogens with two attached hydrogens (primary N) is 1. The molecule has 1 saturated heterocycles. The van der Waals surface area contributed by atoms with Gasteiger partial charge in [-0.1, -0.05) is 6.42 Å². The van der Waals surface area contributed by atoms with E-state index >= 15 is 0 Å². The molecule has 0 radical (unpaired) electrons. The standard InChI is InChI=1S/C13H27N3O/c1-15(2)12-7-10-16(11-8-12)13(17)6-4-3-5-9-14/h12H,3-11,14H2,1-2H3. The minimum atomic E-state index is 0.333. The van der Waals surface area contributed by atoms with Crippen LogP contribution >= 0.6 is 0 Å². The molecule has 1 rings (SSSR count). The van der Waals surface area contributed by atoms with Gasteiger partial charge in [0.15, 0.2) is 0 Å². The normalized spacial score (nSPS) is 17.8. The van der Waals surface area contributed by atoms with Crippen LogP contribution in [0.1, 0.15) is 38.5 Å². The van der Waals surface area contributed by atoms with Gasteiger partial charge in [-0.05, 0) is 46.3 Å². The molecule has 1 aliphatic rings. The topological polar surface area (TPSA) is 49.6 Å². The van der Waals surface area contributed by atoms with Gasteiger partial charge in [0, 0.05) is 25.6 Å². The van der Waals surface area contributed by atoms with E-state index in [0.717, 1.165) is 51.7 Å². The monoisotopic (exact) mass is 241 g/mol. The Hall–Kier alpha value is -0.610. The second-order valence-electron chi connectivity index (χ2n) is 5.17. The zero-order chi connectivity index (χ0) is 12.7. The highest BCUT2D eigenvalue weighted by Crippen LogP contribution is 2.15. The number of carbonyl (C=O) groups is 1. The number of nitrogens with zero attached hydrogens (tertiary/aromatic N) is 2. The van der Waals surface area contributed by atoms with Crippen LogP contribution in [-0.4, -0.2) is 55.5 Å². The van der Waals surface area contributed by atoms with E-state index < -0.39 is 0 Å². The van der Waals surface area contributed by atoms with Gasteiger partial charge in [-0.3, -0.25) is 4.79 Å². The van der Waals surface area contributed by atoms with Crippen molar-refractivity contribution in [2.45, 2.75) is 44.6 Å². The molecular weight excluding hydrogens is 214 g/mol. The van der Waals surface area contributed by atoms with Crippen LogP contribution in [0.15, 0.2) is 0 Å². The molecule has 2 N–H and O–H groups in total. The molecule has 1 fully saturated rings. The Bertz CT molecular complexity index is 223. The van der Waals surface area contributed by atoms with Crippen molar-refractivity contribution in [2.75, 3.05) is 33.7 Å². The second-order valence-corrected chi connectivity index (χ2v) is 5.17. The van der Waals surface area contributed by atoms with E-state index in [1.54, 1.807) is 0 Å². The Morgan fingerprint density at radius 3 is 2.41 bits per heavy atom. The average Bonchev–Trinajstić information content (AvgIpc) is 2.34. The predicted molar refractivity (Wildman–Crippen MR) is 70.8 cm³/mol. The van der Waals surface area contributed by atoms with Gasteiger partial charge in [-0.2, -0.15) is 0 Å². The first-order valence-corrected chi connectivity index (χ1v) is 6.79. The molecule has 0 aromatic heterocycles. The Morgan fingerprint density at radius 1 is 1.24 bits per heavy atom. The number of hydrogen-bond donors (Lipinski definition) is 1. The van der Waals surface area contributed by atoms with E-state index in [1.165, 1.54) is 0 Å². The molecule has 0 aromatic carbocycles. The molecule has 0 unspecified atom stereocenters. The summed E-state index contributed by atoms with van der Waals surface area (Å²) in [5.74, 6) is 0.333. The largest absolute Gasteiger partial charge is 0.343 e. The fourth-order valence-corrected chi connectivity index (χ4v) is 2.39. The molecule has 4 nitrogen and oxygen atoms in total. The summed E-state index contributed by atoms with van der Waals surface area (Å²) in [5.41, 5.74) is 5.43. The molecule has 0 saturated carbocycles. The van der Waals surface area contributed by atoms with Crippen molar-refractivity contribution in [3.8, 4) is 0 Å². The maximum Gasteiger partial charge on any atom is 0.222 e. The van der Waals surface area contributed by atoms with E-state index in [9.17, 15) is 4.79 Å². The number of piperidine rings is 1. The molecule has 0 bridgehead atoms. The van der Waals surface area contributed by atoms with Crippen LogP contribution in [-0.2, 0) is 4.79 Å². The van der Waals surface area contributed by atoms with Gasteiger partial charge < -0.3 is 15.5 Å². The van der Waals surface area contributed by atoms with E-state index in [-0.39, 0.29) is 0 Å². The van der Waals surface area contributed by atoms with Gasteiger partial charge in [0.05, 0.1) is 0 Å². The summed E-state index contributed by atoms with van der Waals surface area (Å²) in [6.45, 7) is 2.60. The van der Waals surface area contributed by atoms with Gasteiger partial charge in [-0.15, -0.1) is 0 Å². The van der Waals surface area contributed by atoms with Crippen molar-refractivity contribution in [3.05, 3.63) is 0 Å². The summed E-state index contributed by atoms with van der Waals surface area (Å²) in [6.07, 6.45) is 6.03. The quantitative estimate of drug-likeness (QED) is 0.707. The number of unbranched alkanes of at least 4 members (excludes halogenated alkanes) is 2. The number of hydrogen-bond acceptors (Lipinski definition) is 3. The van der Waals surface area contributed by atoms with Crippen LogP contribution < -0.4 is 5.73 Å². The summed E-state index contributed by atoms with van der Waals surface area (Å²) < 4.78 is 0. The van der Waals surface area contributed by atoms with Gasteiger partial charge in [0.25, 0.3) is 0 Å². The van der Waals surface area contributed by atoms with Crippen LogP contribution in [0.2, 0.25) is 0 Å². The lowest BCUT2D eigenvalue weighted by Crippen LogP contribution is -2.44. The van der Waals surface area contributed by atoms with E-state index in [1.807, 2.05) is 4.90 Å². The van der Waals surface area contributed by atoms with E-state index in [2.05, 4.69) is 19.0 Å². The third kappa shape index (κ3) is 5.04. The van der Waals surface area contributed by atoms with Crippen molar-refractivity contribution < 1.29 is 4.79 Å². The number of rotatable bonds is 6. The summed E-state index contributed by atoms with van der Waals surface area (Å²) in [6, 6.07) is 0.649. The fourth-order valence-electron chi connectivity index (χ4n) is 2.39. The van der Waals surface area contributed by atoms with E-state index in [0.29, 0.717) is 18.4 Å². The minimum Gasteiger partial charge on any atom is -0.343 e. The van der Waals surface area contributed by atoms with Crippen LogP contribution in [0.5, 0.6) is 0 Å². The van der Waals surface area contributed by atoms with Crippen LogP contribution in [0.25, 0.3) is 0 Å². The highest BCUT2D eigenvalue weighted by atomic mass is 16.2. The summed E-state index contributed by atoms with van der Waals surface area (Å²) >= 11 is 0. The van der Waals surface area contributed by atoms with Crippen LogP contribution in [0, 0.1) is 0 Å². The lowest BCUT2D eigenvalue weighted by atomic mass is 10.0. The smallest absolute Gasteiger partial charge is 0.222 e. The van der Waals surface area contributed by atoms with Crippen LogP contribution in [0.3, 0.4) is 0 Å². The molecule has 0 atom stereocenters. The van der Waals surface area contributed by atoms with Gasteiger partial charge in [0.2, 0.25) is 5.91 Å². The molecule has 100 valence electrons. The molecule has 1 aliphatic heterocycles.